The number of nitrogens with one attached hydrogen (secondary N) is 1. The summed E-state index contributed by atoms with van der Waals surface area (Å²) in [7, 11) is 0. The van der Waals surface area contributed by atoms with Crippen molar-refractivity contribution in [3.63, 3.8) is 0 Å². The van der Waals surface area contributed by atoms with Crippen LogP contribution in [0, 0.1) is 0 Å². The Kier molecular flexibility index (Phi) is 4.33. The summed E-state index contributed by atoms with van der Waals surface area (Å²) in [5.74, 6) is -0.355. The second kappa shape index (κ2) is 5.98. The molecule has 1 atom stereocenters. The molecule has 8 heteroatoms. The van der Waals surface area contributed by atoms with E-state index >= 15 is 0 Å². The number of hydrogen-bond donors (Lipinski definition) is 2. The van der Waals surface area contributed by atoms with Crippen LogP contribution in [0.4, 0.5) is 0 Å². The maximum absolute atomic E-state index is 11.6. The minimum absolute atomic E-state index is 0.0448. The number of aliphatic carboxylic acids is 1. The maximum Gasteiger partial charge on any atom is 0.343 e. The van der Waals surface area contributed by atoms with Gasteiger partial charge in [0, 0.05) is 19.6 Å². The number of carboxylic acid groups (broad SMARTS) is 1. The van der Waals surface area contributed by atoms with Gasteiger partial charge in [-0.15, -0.1) is 0 Å². The predicted octanol–water partition coefficient (Wildman–Crippen LogP) is -0.561. The van der Waals surface area contributed by atoms with Crippen LogP contribution in [0.3, 0.4) is 0 Å². The average Bonchev–Trinajstić information content (AvgIpc) is 2.78. The number of nitrogens with zero attached hydrogens (tertiary/aromatic N) is 3. The Morgan fingerprint density at radius 1 is 1.53 bits per heavy atom. The first-order valence-corrected chi connectivity index (χ1v) is 6.28. The fourth-order valence-electron chi connectivity index (χ4n) is 2.20. The van der Waals surface area contributed by atoms with Crippen molar-refractivity contribution >= 4 is 5.97 Å². The Hall–Kier alpha value is -1.67. The maximum atomic E-state index is 11.6. The highest BCUT2D eigenvalue weighted by atomic mass is 16.5. The molecule has 1 aliphatic rings. The first-order valence-electron chi connectivity index (χ1n) is 6.28. The molecule has 2 heterocycles. The molecule has 0 amide bonds. The molecule has 8 nitrogen and oxygen atoms in total. The van der Waals surface area contributed by atoms with E-state index < -0.39 is 5.97 Å². The minimum atomic E-state index is -0.932. The van der Waals surface area contributed by atoms with Crippen LogP contribution in [0.1, 0.15) is 25.2 Å². The normalized spacial score (nSPS) is 18.4. The molecule has 0 radical (unpaired) electrons. The van der Waals surface area contributed by atoms with E-state index in [1.807, 2.05) is 6.92 Å². The van der Waals surface area contributed by atoms with Crippen molar-refractivity contribution < 1.29 is 14.6 Å². The van der Waals surface area contributed by atoms with Crippen molar-refractivity contribution in [2.45, 2.75) is 25.9 Å². The zero-order chi connectivity index (χ0) is 13.8. The highest BCUT2D eigenvalue weighted by molar-refractivity contribution is 5.66. The Balaban J connectivity index is 2.14. The molecule has 1 aromatic heterocycles. The summed E-state index contributed by atoms with van der Waals surface area (Å²) in [6.45, 7) is 4.97. The molecule has 0 aliphatic carbocycles. The lowest BCUT2D eigenvalue weighted by Gasteiger charge is -2.31. The lowest BCUT2D eigenvalue weighted by atomic mass is 10.2. The molecule has 0 aromatic carbocycles. The second-order valence-corrected chi connectivity index (χ2v) is 4.51. The van der Waals surface area contributed by atoms with Gasteiger partial charge < -0.3 is 9.84 Å². The third kappa shape index (κ3) is 3.21. The number of morpholine rings is 1. The Morgan fingerprint density at radius 2 is 2.21 bits per heavy atom. The summed E-state index contributed by atoms with van der Waals surface area (Å²) < 4.78 is 6.68. The Labute approximate surface area is 110 Å². The van der Waals surface area contributed by atoms with Crippen molar-refractivity contribution in [2.24, 2.45) is 0 Å². The summed E-state index contributed by atoms with van der Waals surface area (Å²) in [6, 6.07) is -0.0448. The van der Waals surface area contributed by atoms with E-state index in [2.05, 4.69) is 15.1 Å². The number of H-pyrrole nitrogens is 1. The van der Waals surface area contributed by atoms with E-state index in [1.165, 1.54) is 4.57 Å². The van der Waals surface area contributed by atoms with Gasteiger partial charge in [0.1, 0.15) is 0 Å². The average molecular weight is 270 g/mol. The van der Waals surface area contributed by atoms with Gasteiger partial charge in [0.25, 0.3) is 0 Å². The molecule has 106 valence electrons. The first-order chi connectivity index (χ1) is 9.09. The third-order valence-corrected chi connectivity index (χ3v) is 3.30. The molecular weight excluding hydrogens is 252 g/mol. The van der Waals surface area contributed by atoms with Gasteiger partial charge in [-0.05, 0) is 6.92 Å². The molecule has 1 saturated heterocycles. The van der Waals surface area contributed by atoms with E-state index in [-0.39, 0.29) is 24.7 Å². The van der Waals surface area contributed by atoms with Crippen LogP contribution in [-0.2, 0) is 16.1 Å². The molecule has 2 N–H and O–H groups in total. The molecule has 1 aliphatic heterocycles. The Bertz CT molecular complexity index is 489. The van der Waals surface area contributed by atoms with Crippen LogP contribution in [0.15, 0.2) is 4.79 Å². The number of ether oxygens (including phenoxy) is 1. The summed E-state index contributed by atoms with van der Waals surface area (Å²) in [6.07, 6.45) is -0.0950. The summed E-state index contributed by atoms with van der Waals surface area (Å²) >= 11 is 0. The van der Waals surface area contributed by atoms with Crippen LogP contribution in [-0.4, -0.2) is 57.0 Å². The van der Waals surface area contributed by atoms with Gasteiger partial charge in [-0.1, -0.05) is 0 Å². The van der Waals surface area contributed by atoms with Gasteiger partial charge in [-0.25, -0.2) is 9.89 Å². The zero-order valence-electron chi connectivity index (χ0n) is 10.8. The second-order valence-electron chi connectivity index (χ2n) is 4.51. The summed E-state index contributed by atoms with van der Waals surface area (Å²) in [5, 5.41) is 15.1. The van der Waals surface area contributed by atoms with Crippen molar-refractivity contribution in [2.75, 3.05) is 26.3 Å². The SMILES string of the molecule is CC(c1n[nH]c(=O)n1CCC(=O)O)N1CCOCC1. The molecule has 1 unspecified atom stereocenters. The van der Waals surface area contributed by atoms with Crippen LogP contribution >= 0.6 is 0 Å². The molecule has 0 saturated carbocycles. The molecule has 2 rings (SSSR count). The predicted molar refractivity (Wildman–Crippen MR) is 65.9 cm³/mol. The van der Waals surface area contributed by atoms with Gasteiger partial charge in [0.2, 0.25) is 0 Å². The molecule has 0 spiro atoms. The van der Waals surface area contributed by atoms with Gasteiger partial charge in [0.05, 0.1) is 25.7 Å². The lowest BCUT2D eigenvalue weighted by Crippen LogP contribution is -2.39. The zero-order valence-corrected chi connectivity index (χ0v) is 10.8. The third-order valence-electron chi connectivity index (χ3n) is 3.30. The van der Waals surface area contributed by atoms with E-state index in [0.717, 1.165) is 13.1 Å². The first kappa shape index (κ1) is 13.8. The highest BCUT2D eigenvalue weighted by Gasteiger charge is 2.23. The molecule has 19 heavy (non-hydrogen) atoms. The summed E-state index contributed by atoms with van der Waals surface area (Å²) in [5.41, 5.74) is -0.364. The monoisotopic (exact) mass is 270 g/mol. The highest BCUT2D eigenvalue weighted by Crippen LogP contribution is 2.18. The molecular formula is C11H18N4O4. The van der Waals surface area contributed by atoms with E-state index in [0.29, 0.717) is 19.0 Å². The van der Waals surface area contributed by atoms with E-state index in [9.17, 15) is 9.59 Å². The molecule has 0 bridgehead atoms. The van der Waals surface area contributed by atoms with Crippen LogP contribution < -0.4 is 5.69 Å². The molecule has 1 aromatic rings. The number of carboxylic acids is 1. The van der Waals surface area contributed by atoms with Crippen LogP contribution in [0.5, 0.6) is 0 Å². The van der Waals surface area contributed by atoms with Gasteiger partial charge in [-0.3, -0.25) is 14.3 Å². The topological polar surface area (TPSA) is 100 Å². The smallest absolute Gasteiger partial charge is 0.343 e. The standard InChI is InChI=1S/C11H18N4O4/c1-8(14-4-6-19-7-5-14)10-12-13-11(18)15(10)3-2-9(16)17/h8H,2-7H2,1H3,(H,13,18)(H,16,17). The Morgan fingerprint density at radius 3 is 2.84 bits per heavy atom. The van der Waals surface area contributed by atoms with Gasteiger partial charge >= 0.3 is 11.7 Å². The van der Waals surface area contributed by atoms with Gasteiger partial charge in [-0.2, -0.15) is 5.10 Å². The fraction of sp³-hybridized carbons (Fsp3) is 0.727. The number of rotatable bonds is 5. The van der Waals surface area contributed by atoms with Crippen molar-refractivity contribution in [3.8, 4) is 0 Å². The van der Waals surface area contributed by atoms with Crippen molar-refractivity contribution in [1.82, 2.24) is 19.7 Å². The lowest BCUT2D eigenvalue weighted by molar-refractivity contribution is -0.137. The quantitative estimate of drug-likeness (QED) is 0.744. The van der Waals surface area contributed by atoms with Gasteiger partial charge in [0.15, 0.2) is 5.82 Å². The van der Waals surface area contributed by atoms with Crippen LogP contribution in [0.2, 0.25) is 0 Å². The number of hydrogen-bond acceptors (Lipinski definition) is 5. The van der Waals surface area contributed by atoms with Crippen LogP contribution in [0.25, 0.3) is 0 Å². The number of carbonyl (C=O) groups is 1. The largest absolute Gasteiger partial charge is 0.481 e. The molecule has 1 fully saturated rings. The summed E-state index contributed by atoms with van der Waals surface area (Å²) in [4.78, 5) is 24.4. The van der Waals surface area contributed by atoms with Crippen molar-refractivity contribution in [1.29, 1.82) is 0 Å². The van der Waals surface area contributed by atoms with Crippen molar-refractivity contribution in [3.05, 3.63) is 16.3 Å². The minimum Gasteiger partial charge on any atom is -0.481 e. The van der Waals surface area contributed by atoms with E-state index in [1.54, 1.807) is 0 Å². The number of aromatic amines is 1. The van der Waals surface area contributed by atoms with E-state index in [4.69, 9.17) is 9.84 Å². The number of aromatic nitrogens is 3. The fourth-order valence-corrected chi connectivity index (χ4v) is 2.20.